The van der Waals surface area contributed by atoms with E-state index in [0.29, 0.717) is 18.9 Å². The third-order valence-corrected chi connectivity index (χ3v) is 5.79. The summed E-state index contributed by atoms with van der Waals surface area (Å²) in [6, 6.07) is 1.94. The Hall–Kier alpha value is -1.37. The minimum absolute atomic E-state index is 0.00783. The second-order valence-electron chi connectivity index (χ2n) is 7.37. The van der Waals surface area contributed by atoms with Gasteiger partial charge in [-0.2, -0.15) is 0 Å². The maximum Gasteiger partial charge on any atom is 0.290 e. The van der Waals surface area contributed by atoms with Gasteiger partial charge in [-0.1, -0.05) is 0 Å². The molecule has 1 aliphatic carbocycles. The minimum atomic E-state index is -0.0153. The molecule has 0 aromatic carbocycles. The van der Waals surface area contributed by atoms with Gasteiger partial charge >= 0.3 is 0 Å². The highest BCUT2D eigenvalue weighted by Crippen LogP contribution is 2.33. The van der Waals surface area contributed by atoms with Gasteiger partial charge < -0.3 is 23.7 Å². The van der Waals surface area contributed by atoms with Crippen LogP contribution in [0.4, 0.5) is 0 Å². The molecule has 1 aromatic heterocycles. The molecular weight excluding hydrogens is 320 g/mol. The summed E-state index contributed by atoms with van der Waals surface area (Å²) in [6.45, 7) is 7.25. The maximum atomic E-state index is 12.8. The first-order chi connectivity index (χ1) is 12.2. The van der Waals surface area contributed by atoms with Crippen molar-refractivity contribution >= 4 is 5.91 Å². The molecular formula is C19H28N2O4. The largest absolute Gasteiger partial charge is 0.459 e. The van der Waals surface area contributed by atoms with Gasteiger partial charge in [0.15, 0.2) is 5.76 Å². The molecule has 2 saturated heterocycles. The van der Waals surface area contributed by atoms with Gasteiger partial charge in [0.05, 0.1) is 31.6 Å². The van der Waals surface area contributed by atoms with Crippen LogP contribution in [0, 0.1) is 6.92 Å². The lowest BCUT2D eigenvalue weighted by Gasteiger charge is -2.38. The average molecular weight is 348 g/mol. The first-order valence-corrected chi connectivity index (χ1v) is 9.54. The Kier molecular flexibility index (Phi) is 5.10. The summed E-state index contributed by atoms with van der Waals surface area (Å²) < 4.78 is 17.6. The second kappa shape index (κ2) is 7.48. The van der Waals surface area contributed by atoms with Crippen LogP contribution < -0.4 is 0 Å². The van der Waals surface area contributed by atoms with Crippen LogP contribution in [0.1, 0.15) is 41.8 Å². The van der Waals surface area contributed by atoms with E-state index in [9.17, 15) is 4.79 Å². The summed E-state index contributed by atoms with van der Waals surface area (Å²) in [7, 11) is 0. The molecule has 0 radical (unpaired) electrons. The fourth-order valence-electron chi connectivity index (χ4n) is 4.41. The molecule has 2 aliphatic heterocycles. The highest BCUT2D eigenvalue weighted by molar-refractivity contribution is 5.93. The molecule has 25 heavy (non-hydrogen) atoms. The van der Waals surface area contributed by atoms with Crippen molar-refractivity contribution in [1.29, 1.82) is 0 Å². The first-order valence-electron chi connectivity index (χ1n) is 9.54. The van der Waals surface area contributed by atoms with Crippen molar-refractivity contribution in [2.75, 3.05) is 39.4 Å². The van der Waals surface area contributed by atoms with E-state index in [0.717, 1.165) is 31.6 Å². The molecule has 3 aliphatic rings. The fourth-order valence-corrected chi connectivity index (χ4v) is 4.41. The normalized spacial score (nSPS) is 30.0. The summed E-state index contributed by atoms with van der Waals surface area (Å²) in [5.41, 5.74) is 0.893. The summed E-state index contributed by atoms with van der Waals surface area (Å²) in [6.07, 6.45) is 6.17. The number of ether oxygens (including phenoxy) is 2. The Bertz CT molecular complexity index is 596. The number of rotatable bonds is 5. The van der Waals surface area contributed by atoms with E-state index in [-0.39, 0.29) is 24.2 Å². The average Bonchev–Trinajstić information content (AvgIpc) is 3.35. The molecule has 3 fully saturated rings. The van der Waals surface area contributed by atoms with E-state index >= 15 is 0 Å². The highest BCUT2D eigenvalue weighted by atomic mass is 16.5. The van der Waals surface area contributed by atoms with Crippen LogP contribution in [0.3, 0.4) is 0 Å². The molecule has 1 saturated carbocycles. The smallest absolute Gasteiger partial charge is 0.290 e. The molecule has 0 unspecified atom stereocenters. The Morgan fingerprint density at radius 2 is 2.12 bits per heavy atom. The second-order valence-corrected chi connectivity index (χ2v) is 7.37. The Balaban J connectivity index is 1.35. The number of fused-ring (bicyclic) bond motifs is 1. The fraction of sp³-hybridized carbons (Fsp3) is 0.737. The minimum Gasteiger partial charge on any atom is -0.459 e. The molecule has 0 bridgehead atoms. The van der Waals surface area contributed by atoms with E-state index in [1.165, 1.54) is 25.9 Å². The van der Waals surface area contributed by atoms with Crippen LogP contribution >= 0.6 is 0 Å². The number of hydrogen-bond donors (Lipinski definition) is 0. The summed E-state index contributed by atoms with van der Waals surface area (Å²) >= 11 is 0. The standard InChI is InChI=1S/C19H28N2O4/c1-14-6-11-24-17(14)19(22)21-10-13-25-18-15(21)4-5-16(18)23-12-9-20-7-2-3-8-20/h6,11,15-16,18H,2-5,7-10,12-13H2,1H3/t15-,16+,18+/m1/s1. The number of carbonyl (C=O) groups excluding carboxylic acids is 1. The van der Waals surface area contributed by atoms with E-state index in [1.54, 1.807) is 6.26 Å². The van der Waals surface area contributed by atoms with Crippen LogP contribution in [0.15, 0.2) is 16.7 Å². The van der Waals surface area contributed by atoms with E-state index in [1.807, 2.05) is 17.9 Å². The number of furan rings is 1. The van der Waals surface area contributed by atoms with Crippen molar-refractivity contribution in [2.45, 2.75) is 50.9 Å². The van der Waals surface area contributed by atoms with E-state index in [4.69, 9.17) is 13.9 Å². The van der Waals surface area contributed by atoms with Crippen molar-refractivity contribution in [2.24, 2.45) is 0 Å². The van der Waals surface area contributed by atoms with Gasteiger partial charge in [0, 0.05) is 18.7 Å². The Morgan fingerprint density at radius 1 is 1.28 bits per heavy atom. The van der Waals surface area contributed by atoms with Gasteiger partial charge in [0.2, 0.25) is 0 Å². The van der Waals surface area contributed by atoms with E-state index < -0.39 is 0 Å². The number of hydrogen-bond acceptors (Lipinski definition) is 5. The summed E-state index contributed by atoms with van der Waals surface area (Å²) in [4.78, 5) is 17.2. The number of nitrogens with zero attached hydrogens (tertiary/aromatic N) is 2. The third kappa shape index (κ3) is 3.48. The third-order valence-electron chi connectivity index (χ3n) is 5.79. The molecule has 1 aromatic rings. The zero-order chi connectivity index (χ0) is 17.2. The van der Waals surface area contributed by atoms with Gasteiger partial charge in [-0.3, -0.25) is 4.79 Å². The van der Waals surface area contributed by atoms with Crippen LogP contribution in [0.25, 0.3) is 0 Å². The van der Waals surface area contributed by atoms with Gasteiger partial charge in [-0.05, 0) is 51.8 Å². The lowest BCUT2D eigenvalue weighted by Crippen LogP contribution is -2.54. The van der Waals surface area contributed by atoms with Gasteiger partial charge in [0.1, 0.15) is 6.10 Å². The van der Waals surface area contributed by atoms with Gasteiger partial charge in [-0.15, -0.1) is 0 Å². The SMILES string of the molecule is Cc1ccoc1C(=O)N1CCO[C@@H]2[C@@H](OCCN3CCCC3)CC[C@H]21. The van der Waals surface area contributed by atoms with Crippen molar-refractivity contribution < 1.29 is 18.7 Å². The van der Waals surface area contributed by atoms with Gasteiger partial charge in [-0.25, -0.2) is 0 Å². The van der Waals surface area contributed by atoms with E-state index in [2.05, 4.69) is 4.90 Å². The zero-order valence-electron chi connectivity index (χ0n) is 15.0. The molecule has 0 spiro atoms. The Morgan fingerprint density at radius 3 is 2.88 bits per heavy atom. The molecule has 3 atom stereocenters. The number of carbonyl (C=O) groups is 1. The van der Waals surface area contributed by atoms with Crippen LogP contribution in [-0.4, -0.2) is 73.3 Å². The number of amides is 1. The van der Waals surface area contributed by atoms with Crippen LogP contribution in [0.2, 0.25) is 0 Å². The maximum absolute atomic E-state index is 12.8. The zero-order valence-corrected chi connectivity index (χ0v) is 15.0. The quantitative estimate of drug-likeness (QED) is 0.815. The lowest BCUT2D eigenvalue weighted by atomic mass is 10.1. The summed E-state index contributed by atoms with van der Waals surface area (Å²) in [5, 5.41) is 0. The van der Waals surface area contributed by atoms with Crippen molar-refractivity contribution in [1.82, 2.24) is 9.80 Å². The Labute approximate surface area is 149 Å². The molecule has 3 heterocycles. The van der Waals surface area contributed by atoms with Crippen molar-refractivity contribution in [3.63, 3.8) is 0 Å². The van der Waals surface area contributed by atoms with Crippen LogP contribution in [-0.2, 0) is 9.47 Å². The monoisotopic (exact) mass is 348 g/mol. The predicted molar refractivity (Wildman–Crippen MR) is 92.7 cm³/mol. The lowest BCUT2D eigenvalue weighted by molar-refractivity contribution is -0.106. The summed E-state index contributed by atoms with van der Waals surface area (Å²) in [5.74, 6) is 0.442. The van der Waals surface area contributed by atoms with Crippen LogP contribution in [0.5, 0.6) is 0 Å². The highest BCUT2D eigenvalue weighted by Gasteiger charge is 2.45. The molecule has 1 amide bonds. The predicted octanol–water partition coefficient (Wildman–Crippen LogP) is 2.07. The topological polar surface area (TPSA) is 55.2 Å². The van der Waals surface area contributed by atoms with Gasteiger partial charge in [0.25, 0.3) is 5.91 Å². The molecule has 0 N–H and O–H groups in total. The molecule has 4 rings (SSSR count). The first kappa shape index (κ1) is 17.1. The molecule has 6 heteroatoms. The number of morpholine rings is 1. The van der Waals surface area contributed by atoms with Crippen molar-refractivity contribution in [3.8, 4) is 0 Å². The molecule has 138 valence electrons. The molecule has 6 nitrogen and oxygen atoms in total. The number of aryl methyl sites for hydroxylation is 1. The van der Waals surface area contributed by atoms with Crippen molar-refractivity contribution in [3.05, 3.63) is 23.7 Å². The number of likely N-dealkylation sites (tertiary alicyclic amines) is 1.